The molecule has 0 aliphatic carbocycles. The molecule has 2 aromatic carbocycles. The summed E-state index contributed by atoms with van der Waals surface area (Å²) in [7, 11) is 1.93. The molecule has 0 aliphatic rings. The minimum absolute atomic E-state index is 0.248. The fourth-order valence-corrected chi connectivity index (χ4v) is 2.72. The van der Waals surface area contributed by atoms with Crippen LogP contribution in [0.2, 0.25) is 0 Å². The number of carbonyl (C=O) groups excluding carboxylic acids is 1. The predicted octanol–water partition coefficient (Wildman–Crippen LogP) is 3.16. The molecule has 6 nitrogen and oxygen atoms in total. The van der Waals surface area contributed by atoms with E-state index < -0.39 is 0 Å². The fourth-order valence-electron chi connectivity index (χ4n) is 2.72. The molecule has 0 aliphatic heterocycles. The van der Waals surface area contributed by atoms with Crippen LogP contribution in [-0.2, 0) is 13.6 Å². The van der Waals surface area contributed by atoms with Gasteiger partial charge in [0.25, 0.3) is 5.91 Å². The van der Waals surface area contributed by atoms with E-state index in [1.807, 2.05) is 66.2 Å². The van der Waals surface area contributed by atoms with Crippen LogP contribution in [-0.4, -0.2) is 20.6 Å². The lowest BCUT2D eigenvalue weighted by Gasteiger charge is -2.03. The molecular formula is C19H16N4O2. The molecule has 4 rings (SSSR count). The summed E-state index contributed by atoms with van der Waals surface area (Å²) < 4.78 is 7.23. The van der Waals surface area contributed by atoms with Crippen molar-refractivity contribution in [1.82, 2.24) is 20.0 Å². The Morgan fingerprint density at radius 1 is 1.12 bits per heavy atom. The standard InChI is InChI=1S/C19H16N4O2/c1-23-16-10-6-5-9-14(16)21-18(23)12-20-19(24)15-11-17(25-22-15)13-7-3-2-4-8-13/h2-11H,12H2,1H3,(H,20,24). The van der Waals surface area contributed by atoms with Crippen molar-refractivity contribution in [3.05, 3.63) is 72.2 Å². The second kappa shape index (κ2) is 6.24. The third-order valence-electron chi connectivity index (χ3n) is 4.09. The van der Waals surface area contributed by atoms with Crippen LogP contribution < -0.4 is 5.32 Å². The van der Waals surface area contributed by atoms with Crippen molar-refractivity contribution in [2.45, 2.75) is 6.54 Å². The van der Waals surface area contributed by atoms with Gasteiger partial charge in [-0.2, -0.15) is 0 Å². The third kappa shape index (κ3) is 2.89. The highest BCUT2D eigenvalue weighted by Gasteiger charge is 2.15. The summed E-state index contributed by atoms with van der Waals surface area (Å²) in [5, 5.41) is 6.69. The van der Waals surface area contributed by atoms with Gasteiger partial charge in [-0.25, -0.2) is 4.98 Å². The number of para-hydroxylation sites is 2. The summed E-state index contributed by atoms with van der Waals surface area (Å²) in [4.78, 5) is 16.9. The van der Waals surface area contributed by atoms with Crippen molar-refractivity contribution >= 4 is 16.9 Å². The number of hydrogen-bond donors (Lipinski definition) is 1. The SMILES string of the molecule is Cn1c(CNC(=O)c2cc(-c3ccccc3)on2)nc2ccccc21. The van der Waals surface area contributed by atoms with Crippen LogP contribution in [0.5, 0.6) is 0 Å². The van der Waals surface area contributed by atoms with Gasteiger partial charge in [0.05, 0.1) is 17.6 Å². The summed E-state index contributed by atoms with van der Waals surface area (Å²) in [5.41, 5.74) is 3.06. The topological polar surface area (TPSA) is 73.0 Å². The van der Waals surface area contributed by atoms with Crippen molar-refractivity contribution in [2.24, 2.45) is 7.05 Å². The molecule has 0 spiro atoms. The van der Waals surface area contributed by atoms with Gasteiger partial charge in [-0.1, -0.05) is 47.6 Å². The maximum absolute atomic E-state index is 12.3. The number of amides is 1. The van der Waals surface area contributed by atoms with E-state index in [1.54, 1.807) is 6.07 Å². The molecule has 124 valence electrons. The van der Waals surface area contributed by atoms with E-state index in [0.29, 0.717) is 12.3 Å². The quantitative estimate of drug-likeness (QED) is 0.623. The van der Waals surface area contributed by atoms with Crippen LogP contribution in [0.3, 0.4) is 0 Å². The number of aromatic nitrogens is 3. The lowest BCUT2D eigenvalue weighted by molar-refractivity contribution is 0.0940. The van der Waals surface area contributed by atoms with Gasteiger partial charge < -0.3 is 14.4 Å². The van der Waals surface area contributed by atoms with Gasteiger partial charge in [0, 0.05) is 18.7 Å². The molecule has 2 heterocycles. The number of rotatable bonds is 4. The van der Waals surface area contributed by atoms with E-state index in [1.165, 1.54) is 0 Å². The number of hydrogen-bond acceptors (Lipinski definition) is 4. The van der Waals surface area contributed by atoms with Gasteiger partial charge in [0.1, 0.15) is 5.82 Å². The van der Waals surface area contributed by atoms with E-state index in [-0.39, 0.29) is 11.6 Å². The highest BCUT2D eigenvalue weighted by atomic mass is 16.5. The van der Waals surface area contributed by atoms with Crippen LogP contribution in [0.15, 0.2) is 65.2 Å². The van der Waals surface area contributed by atoms with Crippen LogP contribution in [0.1, 0.15) is 16.3 Å². The summed E-state index contributed by atoms with van der Waals surface area (Å²) >= 11 is 0. The Labute approximate surface area is 144 Å². The highest BCUT2D eigenvalue weighted by Crippen LogP contribution is 2.20. The average molecular weight is 332 g/mol. The molecule has 0 fully saturated rings. The van der Waals surface area contributed by atoms with Gasteiger partial charge in [0.15, 0.2) is 11.5 Å². The van der Waals surface area contributed by atoms with Gasteiger partial charge in [-0.05, 0) is 12.1 Å². The first-order valence-corrected chi connectivity index (χ1v) is 7.93. The summed E-state index contributed by atoms with van der Waals surface area (Å²) in [6.45, 7) is 0.317. The maximum atomic E-state index is 12.3. The molecule has 6 heteroatoms. The largest absolute Gasteiger partial charge is 0.355 e. The molecule has 4 aromatic rings. The number of benzene rings is 2. The fraction of sp³-hybridized carbons (Fsp3) is 0.105. The molecule has 0 saturated heterocycles. The molecule has 1 amide bonds. The van der Waals surface area contributed by atoms with E-state index >= 15 is 0 Å². The zero-order valence-electron chi connectivity index (χ0n) is 13.6. The van der Waals surface area contributed by atoms with Crippen molar-refractivity contribution in [2.75, 3.05) is 0 Å². The molecular weight excluding hydrogens is 316 g/mol. The number of fused-ring (bicyclic) bond motifs is 1. The van der Waals surface area contributed by atoms with Gasteiger partial charge in [-0.3, -0.25) is 4.79 Å². The first-order valence-electron chi connectivity index (χ1n) is 7.93. The van der Waals surface area contributed by atoms with Gasteiger partial charge in [-0.15, -0.1) is 0 Å². The van der Waals surface area contributed by atoms with Crippen LogP contribution in [0.25, 0.3) is 22.4 Å². The Morgan fingerprint density at radius 3 is 2.68 bits per heavy atom. The second-order valence-electron chi connectivity index (χ2n) is 5.70. The van der Waals surface area contributed by atoms with Crippen LogP contribution in [0, 0.1) is 0 Å². The van der Waals surface area contributed by atoms with Crippen LogP contribution >= 0.6 is 0 Å². The molecule has 0 radical (unpaired) electrons. The number of nitrogens with zero attached hydrogens (tertiary/aromatic N) is 3. The van der Waals surface area contributed by atoms with Crippen molar-refractivity contribution in [1.29, 1.82) is 0 Å². The summed E-state index contributed by atoms with van der Waals surface area (Å²) in [5.74, 6) is 1.05. The monoisotopic (exact) mass is 332 g/mol. The number of aryl methyl sites for hydroxylation is 1. The lowest BCUT2D eigenvalue weighted by Crippen LogP contribution is -2.24. The van der Waals surface area contributed by atoms with Crippen molar-refractivity contribution < 1.29 is 9.32 Å². The molecule has 25 heavy (non-hydrogen) atoms. The van der Waals surface area contributed by atoms with Crippen molar-refractivity contribution in [3.8, 4) is 11.3 Å². The predicted molar refractivity (Wildman–Crippen MR) is 93.8 cm³/mol. The average Bonchev–Trinajstić information content (AvgIpc) is 3.26. The zero-order chi connectivity index (χ0) is 17.2. The first-order chi connectivity index (χ1) is 12.2. The minimum atomic E-state index is -0.294. The third-order valence-corrected chi connectivity index (χ3v) is 4.09. The van der Waals surface area contributed by atoms with E-state index in [0.717, 1.165) is 22.4 Å². The lowest BCUT2D eigenvalue weighted by atomic mass is 10.1. The Kier molecular flexibility index (Phi) is 3.78. The number of carbonyl (C=O) groups is 1. The molecule has 0 bridgehead atoms. The van der Waals surface area contributed by atoms with E-state index in [4.69, 9.17) is 4.52 Å². The molecule has 0 atom stereocenters. The Morgan fingerprint density at radius 2 is 1.88 bits per heavy atom. The zero-order valence-corrected chi connectivity index (χ0v) is 13.6. The number of nitrogens with one attached hydrogen (secondary N) is 1. The number of imidazole rings is 1. The van der Waals surface area contributed by atoms with Gasteiger partial charge >= 0.3 is 0 Å². The maximum Gasteiger partial charge on any atom is 0.273 e. The first kappa shape index (κ1) is 15.1. The molecule has 0 saturated carbocycles. The summed E-state index contributed by atoms with van der Waals surface area (Å²) in [6, 6.07) is 19.0. The Bertz CT molecular complexity index is 1030. The second-order valence-corrected chi connectivity index (χ2v) is 5.70. The highest BCUT2D eigenvalue weighted by molar-refractivity contribution is 5.93. The van der Waals surface area contributed by atoms with E-state index in [9.17, 15) is 4.79 Å². The van der Waals surface area contributed by atoms with Crippen LogP contribution in [0.4, 0.5) is 0 Å². The molecule has 2 aromatic heterocycles. The van der Waals surface area contributed by atoms with Crippen molar-refractivity contribution in [3.63, 3.8) is 0 Å². The molecule has 1 N–H and O–H groups in total. The normalized spacial score (nSPS) is 10.9. The van der Waals surface area contributed by atoms with E-state index in [2.05, 4.69) is 15.5 Å². The minimum Gasteiger partial charge on any atom is -0.355 e. The molecule has 0 unspecified atom stereocenters. The Balaban J connectivity index is 1.49. The Hall–Kier alpha value is -3.41. The smallest absolute Gasteiger partial charge is 0.273 e. The van der Waals surface area contributed by atoms with Gasteiger partial charge in [0.2, 0.25) is 0 Å². The summed E-state index contributed by atoms with van der Waals surface area (Å²) in [6.07, 6.45) is 0.